The predicted octanol–water partition coefficient (Wildman–Crippen LogP) is 4.20. The summed E-state index contributed by atoms with van der Waals surface area (Å²) in [6.07, 6.45) is 0.840. The molecule has 0 aliphatic heterocycles. The maximum absolute atomic E-state index is 5.31. The topological polar surface area (TPSA) is 9.23 Å². The number of halogens is 2. The molecular weight excluding hydrogens is 540 g/mol. The Morgan fingerprint density at radius 3 is 2.29 bits per heavy atom. The summed E-state index contributed by atoms with van der Waals surface area (Å²) in [4.78, 5) is 0. The van der Waals surface area contributed by atoms with Crippen LogP contribution in [-0.2, 0) is 11.3 Å². The van der Waals surface area contributed by atoms with Gasteiger partial charge in [0.2, 0.25) is 0 Å². The van der Waals surface area contributed by atoms with Crippen LogP contribution in [0.2, 0.25) is 0 Å². The molecule has 1 nitrogen and oxygen atoms in total. The van der Waals surface area contributed by atoms with Crippen LogP contribution in [0, 0.1) is 32.4 Å². The molecule has 0 aromatic heterocycles. The Morgan fingerprint density at radius 1 is 1.21 bits per heavy atom. The molecule has 80 valence electrons. The molecule has 0 atom stereocenters. The van der Waals surface area contributed by atoms with Crippen molar-refractivity contribution in [2.75, 3.05) is 6.61 Å². The average molecular weight is 553 g/mol. The van der Waals surface area contributed by atoms with Gasteiger partial charge in [-0.25, -0.2) is 0 Å². The van der Waals surface area contributed by atoms with Crippen molar-refractivity contribution in [3.8, 4) is 0 Å². The summed E-state index contributed by atoms with van der Waals surface area (Å²) in [5, 5.41) is 0. The number of hydrogen-bond donors (Lipinski definition) is 0. The van der Waals surface area contributed by atoms with Crippen molar-refractivity contribution in [3.05, 3.63) is 42.8 Å². The van der Waals surface area contributed by atoms with E-state index in [4.69, 9.17) is 4.74 Å². The van der Waals surface area contributed by atoms with Crippen LogP contribution in [0.25, 0.3) is 0 Å². The van der Waals surface area contributed by atoms with Crippen molar-refractivity contribution in [1.82, 2.24) is 0 Å². The van der Waals surface area contributed by atoms with Gasteiger partial charge < -0.3 is 11.7 Å². The molecule has 0 aliphatic carbocycles. The Bertz CT molecular complexity index is 207. The molecular formula is C10H13I2OSm-. The van der Waals surface area contributed by atoms with E-state index >= 15 is 0 Å². The molecule has 0 unspecified atom stereocenters. The normalized spacial score (nSPS) is 9.07. The molecule has 4 heteroatoms. The molecule has 0 fully saturated rings. The summed E-state index contributed by atoms with van der Waals surface area (Å²) in [7, 11) is 0. The van der Waals surface area contributed by atoms with E-state index in [0.717, 1.165) is 13.0 Å². The Hall–Kier alpha value is 1.98. The second-order valence-corrected chi connectivity index (χ2v) is 21.9. The number of benzene rings is 1. The first-order valence-electron chi connectivity index (χ1n) is 4.15. The van der Waals surface area contributed by atoms with E-state index in [0.29, 0.717) is 6.61 Å². The predicted molar refractivity (Wildman–Crippen MR) is 74.1 cm³/mol. The van der Waals surface area contributed by atoms with Crippen LogP contribution >= 0.6 is 28.6 Å². The molecule has 0 heterocycles. The second-order valence-electron chi connectivity index (χ2n) is 2.45. The summed E-state index contributed by atoms with van der Waals surface area (Å²) >= 11 is 5.07. The molecule has 0 saturated carbocycles. The summed E-state index contributed by atoms with van der Waals surface area (Å²) in [6.45, 7) is 5.14. The molecule has 0 N–H and O–H groups in total. The van der Waals surface area contributed by atoms with Gasteiger partial charge in [0.1, 0.15) is 0 Å². The Kier molecular flexibility index (Phi) is 14.9. The van der Waals surface area contributed by atoms with E-state index in [2.05, 4.69) is 47.6 Å². The fraction of sp³-hybridized carbons (Fsp3) is 0.300. The van der Waals surface area contributed by atoms with Gasteiger partial charge in [-0.05, 0) is 5.56 Å². The van der Waals surface area contributed by atoms with Crippen LogP contribution in [0.4, 0.5) is 0 Å². The van der Waals surface area contributed by atoms with Gasteiger partial charge in [-0.1, -0.05) is 30.3 Å². The first kappa shape index (κ1) is 16.0. The fourth-order valence-electron chi connectivity index (χ4n) is 0.866. The number of ether oxygens (including phenoxy) is 1. The third kappa shape index (κ3) is 10.5. The Balaban J connectivity index is 0.000000500. The molecule has 14 heavy (non-hydrogen) atoms. The molecule has 0 amide bonds. The zero-order valence-electron chi connectivity index (χ0n) is 7.79. The molecule has 1 aromatic carbocycles. The van der Waals surface area contributed by atoms with Gasteiger partial charge in [0.15, 0.2) is 0 Å². The van der Waals surface area contributed by atoms with Crippen LogP contribution < -0.4 is 0 Å². The number of rotatable bonds is 4. The molecule has 0 saturated heterocycles. The van der Waals surface area contributed by atoms with Crippen molar-refractivity contribution in [1.29, 1.82) is 0 Å². The van der Waals surface area contributed by atoms with E-state index in [-0.39, 0.29) is 25.5 Å². The van der Waals surface area contributed by atoms with Crippen LogP contribution in [0.1, 0.15) is 12.0 Å². The van der Waals surface area contributed by atoms with Gasteiger partial charge in [-0.2, -0.15) is 6.42 Å². The van der Waals surface area contributed by atoms with Crippen molar-refractivity contribution in [3.63, 3.8) is 0 Å². The minimum atomic E-state index is 0.190. The quantitative estimate of drug-likeness (QED) is 0.309. The van der Waals surface area contributed by atoms with Crippen molar-refractivity contribution in [2.45, 2.75) is 13.0 Å². The zero-order valence-corrected chi connectivity index (χ0v) is 14.7. The Morgan fingerprint density at radius 2 is 1.79 bits per heavy atom. The van der Waals surface area contributed by atoms with Gasteiger partial charge in [0.25, 0.3) is 0 Å². The standard InChI is InChI=1S/C10H13O.2HI.Sm/c1-2-8-11-9-10-6-4-3-5-7-10;;;/h3-7H,1-2,8-9H2;2*1H;/q-1;;;+2/p-2. The Labute approximate surface area is 119 Å². The van der Waals surface area contributed by atoms with Crippen molar-refractivity contribution in [2.24, 2.45) is 0 Å². The van der Waals surface area contributed by atoms with E-state index in [9.17, 15) is 0 Å². The van der Waals surface area contributed by atoms with E-state index < -0.39 is 0 Å². The first-order chi connectivity index (χ1) is 6.85. The van der Waals surface area contributed by atoms with Crippen molar-refractivity contribution >= 4 is 28.6 Å². The number of hydrogen-bond acceptors (Lipinski definition) is 1. The van der Waals surface area contributed by atoms with Gasteiger partial charge >= 0.3 is 54.0 Å². The van der Waals surface area contributed by atoms with Gasteiger partial charge in [0.05, 0.1) is 6.61 Å². The third-order valence-corrected chi connectivity index (χ3v) is 1.40. The van der Waals surface area contributed by atoms with Gasteiger partial charge in [0, 0.05) is 6.61 Å². The molecule has 1 rings (SSSR count). The van der Waals surface area contributed by atoms with E-state index in [1.807, 2.05) is 18.2 Å². The molecule has 0 bridgehead atoms. The van der Waals surface area contributed by atoms with E-state index in [1.54, 1.807) is 0 Å². The molecule has 0 spiro atoms. The van der Waals surface area contributed by atoms with Gasteiger partial charge in [-0.3, -0.25) is 0 Å². The average Bonchev–Trinajstić information content (AvgIpc) is 2.21. The van der Waals surface area contributed by atoms with Crippen molar-refractivity contribution < 1.29 is 30.2 Å². The summed E-state index contributed by atoms with van der Waals surface area (Å²) < 4.78 is 5.31. The molecule has 0 radical (unpaired) electrons. The van der Waals surface area contributed by atoms with Crippen LogP contribution in [0.5, 0.6) is 0 Å². The van der Waals surface area contributed by atoms with Crippen LogP contribution in [0.15, 0.2) is 30.3 Å². The van der Waals surface area contributed by atoms with Crippen LogP contribution in [0.3, 0.4) is 0 Å². The van der Waals surface area contributed by atoms with Gasteiger partial charge in [-0.15, -0.1) is 0 Å². The monoisotopic (exact) mass is 555 g/mol. The van der Waals surface area contributed by atoms with Crippen LogP contribution in [-0.4, -0.2) is 6.61 Å². The second kappa shape index (κ2) is 13.0. The molecule has 0 aliphatic rings. The zero-order chi connectivity index (χ0) is 10.6. The first-order valence-corrected chi connectivity index (χ1v) is 19.2. The SMILES string of the molecule is [CH2-]CCOCc1ccccc1.[I][Sm][I]. The summed E-state index contributed by atoms with van der Waals surface area (Å²) in [5.74, 6) is 0. The van der Waals surface area contributed by atoms with E-state index in [1.165, 1.54) is 5.56 Å². The third-order valence-electron chi connectivity index (χ3n) is 1.40. The fourth-order valence-corrected chi connectivity index (χ4v) is 0.866. The summed E-state index contributed by atoms with van der Waals surface area (Å²) in [5.41, 5.74) is 1.22. The maximum atomic E-state index is 5.31. The summed E-state index contributed by atoms with van der Waals surface area (Å²) in [6, 6.07) is 10.2. The minimum absolute atomic E-state index is 0.190. The molecule has 1 aromatic rings.